The summed E-state index contributed by atoms with van der Waals surface area (Å²) < 4.78 is 12.1. The fourth-order valence-electron chi connectivity index (χ4n) is 2.02. The van der Waals surface area contributed by atoms with Crippen LogP contribution in [0.4, 0.5) is 0 Å². The SMILES string of the molecule is CC.CC(C)Cc1cnn(COc2ccccc2)c1.CCOC(=O)C(C)C. The first-order valence-corrected chi connectivity index (χ1v) is 9.78. The van der Waals surface area contributed by atoms with E-state index < -0.39 is 0 Å². The lowest BCUT2D eigenvalue weighted by Gasteiger charge is -2.05. The molecule has 1 aromatic carbocycles. The van der Waals surface area contributed by atoms with E-state index >= 15 is 0 Å². The Morgan fingerprint density at radius 1 is 1.11 bits per heavy atom. The highest BCUT2D eigenvalue weighted by molar-refractivity contribution is 5.71. The molecule has 0 N–H and O–H groups in total. The lowest BCUT2D eigenvalue weighted by Crippen LogP contribution is -2.10. The summed E-state index contributed by atoms with van der Waals surface area (Å²) in [5.74, 6) is 1.42. The third-order valence-corrected chi connectivity index (χ3v) is 3.20. The molecule has 0 aliphatic heterocycles. The average Bonchev–Trinajstić information content (AvgIpc) is 3.10. The molecule has 2 aromatic rings. The molecule has 0 fully saturated rings. The third kappa shape index (κ3) is 11.8. The van der Waals surface area contributed by atoms with E-state index in [0.717, 1.165) is 12.2 Å². The summed E-state index contributed by atoms with van der Waals surface area (Å²) >= 11 is 0. The van der Waals surface area contributed by atoms with Crippen molar-refractivity contribution in [3.05, 3.63) is 48.3 Å². The summed E-state index contributed by atoms with van der Waals surface area (Å²) in [5, 5.41) is 4.28. The second kappa shape index (κ2) is 14.8. The molecule has 0 bridgehead atoms. The fraction of sp³-hybridized carbons (Fsp3) is 0.545. The summed E-state index contributed by atoms with van der Waals surface area (Å²) in [7, 11) is 0. The van der Waals surface area contributed by atoms with Gasteiger partial charge in [0.1, 0.15) is 5.75 Å². The van der Waals surface area contributed by atoms with Crippen molar-refractivity contribution in [1.82, 2.24) is 9.78 Å². The zero-order valence-electron chi connectivity index (χ0n) is 17.9. The fourth-order valence-corrected chi connectivity index (χ4v) is 2.02. The number of ether oxygens (including phenoxy) is 2. The predicted octanol–water partition coefficient (Wildman–Crippen LogP) is 5.35. The van der Waals surface area contributed by atoms with Gasteiger partial charge in [-0.25, -0.2) is 4.68 Å². The summed E-state index contributed by atoms with van der Waals surface area (Å²) in [5.41, 5.74) is 1.26. The quantitative estimate of drug-likeness (QED) is 0.611. The van der Waals surface area contributed by atoms with Crippen molar-refractivity contribution < 1.29 is 14.3 Å². The number of carbonyl (C=O) groups excluding carboxylic acids is 1. The number of hydrogen-bond donors (Lipinski definition) is 0. The maximum Gasteiger partial charge on any atom is 0.308 e. The molecular formula is C22H36N2O3. The molecule has 0 aliphatic carbocycles. The standard InChI is InChI=1S/C14H18N2O.C6H12O2.C2H6/c1-12(2)8-13-9-15-16(10-13)11-17-14-6-4-3-5-7-14;1-4-8-6(7)5(2)3;1-2/h3-7,9-10,12H,8,11H2,1-2H3;5H,4H2,1-3H3;1-2H3. The molecule has 0 amide bonds. The molecule has 1 aromatic heterocycles. The topological polar surface area (TPSA) is 53.4 Å². The van der Waals surface area contributed by atoms with Crippen LogP contribution in [0.15, 0.2) is 42.7 Å². The first-order chi connectivity index (χ1) is 12.9. The normalized spacial score (nSPS) is 9.81. The number of hydrogen-bond acceptors (Lipinski definition) is 4. The Kier molecular flexibility index (Phi) is 13.6. The van der Waals surface area contributed by atoms with Gasteiger partial charge in [0.25, 0.3) is 0 Å². The maximum atomic E-state index is 10.5. The lowest BCUT2D eigenvalue weighted by molar-refractivity contribution is -0.146. The van der Waals surface area contributed by atoms with Crippen LogP contribution in [0.5, 0.6) is 5.75 Å². The highest BCUT2D eigenvalue weighted by Gasteiger charge is 2.05. The van der Waals surface area contributed by atoms with Crippen molar-refractivity contribution >= 4 is 5.97 Å². The van der Waals surface area contributed by atoms with Gasteiger partial charge in [-0.1, -0.05) is 59.7 Å². The van der Waals surface area contributed by atoms with E-state index in [-0.39, 0.29) is 11.9 Å². The second-order valence-electron chi connectivity index (χ2n) is 6.48. The van der Waals surface area contributed by atoms with Gasteiger partial charge in [0.2, 0.25) is 0 Å². The van der Waals surface area contributed by atoms with E-state index in [2.05, 4.69) is 23.7 Å². The van der Waals surface area contributed by atoms with E-state index in [1.165, 1.54) is 5.56 Å². The maximum absolute atomic E-state index is 10.5. The molecule has 0 spiro atoms. The smallest absolute Gasteiger partial charge is 0.308 e. The number of esters is 1. The van der Waals surface area contributed by atoms with Crippen LogP contribution in [0, 0.1) is 11.8 Å². The van der Waals surface area contributed by atoms with Gasteiger partial charge in [-0.05, 0) is 37.0 Å². The zero-order valence-corrected chi connectivity index (χ0v) is 17.9. The van der Waals surface area contributed by atoms with Crippen LogP contribution in [0.25, 0.3) is 0 Å². The number of nitrogens with zero attached hydrogens (tertiary/aromatic N) is 2. The summed E-state index contributed by atoms with van der Waals surface area (Å²) in [6, 6.07) is 9.78. The Bertz CT molecular complexity index is 607. The van der Waals surface area contributed by atoms with Gasteiger partial charge < -0.3 is 9.47 Å². The lowest BCUT2D eigenvalue weighted by atomic mass is 10.1. The molecule has 0 unspecified atom stereocenters. The van der Waals surface area contributed by atoms with E-state index in [0.29, 0.717) is 19.3 Å². The molecule has 0 saturated heterocycles. The van der Waals surface area contributed by atoms with Gasteiger partial charge in [-0.15, -0.1) is 0 Å². The average molecular weight is 377 g/mol. The predicted molar refractivity (Wildman–Crippen MR) is 111 cm³/mol. The molecule has 2 rings (SSSR count). The van der Waals surface area contributed by atoms with Gasteiger partial charge in [0.15, 0.2) is 6.73 Å². The summed E-state index contributed by atoms with van der Waals surface area (Å²) in [4.78, 5) is 10.5. The van der Waals surface area contributed by atoms with E-state index in [1.54, 1.807) is 6.92 Å². The van der Waals surface area contributed by atoms with Crippen molar-refractivity contribution in [2.75, 3.05) is 6.61 Å². The molecule has 27 heavy (non-hydrogen) atoms. The van der Waals surface area contributed by atoms with Crippen molar-refractivity contribution in [2.24, 2.45) is 11.8 Å². The first kappa shape index (κ1) is 24.7. The van der Waals surface area contributed by atoms with Crippen molar-refractivity contribution in [3.8, 4) is 5.75 Å². The van der Waals surface area contributed by atoms with Crippen molar-refractivity contribution in [3.63, 3.8) is 0 Å². The van der Waals surface area contributed by atoms with E-state index in [4.69, 9.17) is 4.74 Å². The summed E-state index contributed by atoms with van der Waals surface area (Å²) in [6.07, 6.45) is 5.02. The van der Waals surface area contributed by atoms with Crippen molar-refractivity contribution in [1.29, 1.82) is 0 Å². The van der Waals surface area contributed by atoms with Crippen LogP contribution >= 0.6 is 0 Å². The Labute approximate surface area is 164 Å². The molecule has 152 valence electrons. The molecule has 1 heterocycles. The largest absolute Gasteiger partial charge is 0.471 e. The first-order valence-electron chi connectivity index (χ1n) is 9.78. The number of carbonyl (C=O) groups is 1. The molecule has 0 atom stereocenters. The zero-order chi connectivity index (χ0) is 20.7. The molecule has 0 radical (unpaired) electrons. The molecule has 5 nitrogen and oxygen atoms in total. The van der Waals surface area contributed by atoms with Gasteiger partial charge in [0, 0.05) is 6.20 Å². The molecular weight excluding hydrogens is 340 g/mol. The number of benzene rings is 1. The van der Waals surface area contributed by atoms with Gasteiger partial charge in [-0.3, -0.25) is 4.79 Å². The van der Waals surface area contributed by atoms with Crippen LogP contribution in [0.3, 0.4) is 0 Å². The minimum absolute atomic E-state index is 0.00921. The highest BCUT2D eigenvalue weighted by atomic mass is 16.5. The third-order valence-electron chi connectivity index (χ3n) is 3.20. The van der Waals surface area contributed by atoms with Crippen LogP contribution in [0.2, 0.25) is 0 Å². The summed E-state index contributed by atoms with van der Waals surface area (Å²) in [6.45, 7) is 14.8. The molecule has 0 aliphatic rings. The van der Waals surface area contributed by atoms with Gasteiger partial charge in [0.05, 0.1) is 18.7 Å². The Hall–Kier alpha value is -2.30. The number of rotatable bonds is 7. The molecule has 5 heteroatoms. The molecule has 0 saturated carbocycles. The van der Waals surface area contributed by atoms with Crippen LogP contribution in [-0.2, 0) is 22.7 Å². The second-order valence-corrected chi connectivity index (χ2v) is 6.48. The van der Waals surface area contributed by atoms with Crippen molar-refractivity contribution in [2.45, 2.75) is 61.6 Å². The Morgan fingerprint density at radius 3 is 2.22 bits per heavy atom. The minimum Gasteiger partial charge on any atom is -0.471 e. The highest BCUT2D eigenvalue weighted by Crippen LogP contribution is 2.10. The van der Waals surface area contributed by atoms with Crippen LogP contribution < -0.4 is 4.74 Å². The van der Waals surface area contributed by atoms with Crippen LogP contribution in [-0.4, -0.2) is 22.4 Å². The van der Waals surface area contributed by atoms with E-state index in [1.807, 2.05) is 75.1 Å². The van der Waals surface area contributed by atoms with E-state index in [9.17, 15) is 4.79 Å². The van der Waals surface area contributed by atoms with Gasteiger partial charge in [-0.2, -0.15) is 5.10 Å². The Morgan fingerprint density at radius 2 is 1.74 bits per heavy atom. The monoisotopic (exact) mass is 376 g/mol. The number of para-hydroxylation sites is 1. The minimum atomic E-state index is -0.118. The Balaban J connectivity index is 0.000000574. The number of aromatic nitrogens is 2. The van der Waals surface area contributed by atoms with Gasteiger partial charge >= 0.3 is 5.97 Å². The van der Waals surface area contributed by atoms with Crippen LogP contribution in [0.1, 0.15) is 54.0 Å².